The van der Waals surface area contributed by atoms with Crippen molar-refractivity contribution >= 4 is 47.2 Å². The van der Waals surface area contributed by atoms with Gasteiger partial charge < -0.3 is 16.0 Å². The third kappa shape index (κ3) is 8.92. The first-order chi connectivity index (χ1) is 9.63. The maximum Gasteiger partial charge on any atom is 0.222 e. The number of halogens is 1. The van der Waals surface area contributed by atoms with Crippen LogP contribution < -0.4 is 16.0 Å². The first kappa shape index (κ1) is 20.2. The molecule has 0 spiro atoms. The van der Waals surface area contributed by atoms with Gasteiger partial charge in [-0.15, -0.1) is 24.0 Å². The normalized spacial score (nSPS) is 11.0. The van der Waals surface area contributed by atoms with E-state index in [1.54, 1.807) is 11.3 Å². The van der Waals surface area contributed by atoms with E-state index in [0.29, 0.717) is 19.6 Å². The first-order valence-corrected chi connectivity index (χ1v) is 7.88. The summed E-state index contributed by atoms with van der Waals surface area (Å²) in [6.07, 6.45) is 0. The van der Waals surface area contributed by atoms with Crippen molar-refractivity contribution in [1.29, 1.82) is 0 Å². The number of guanidine groups is 1. The van der Waals surface area contributed by atoms with Crippen LogP contribution in [-0.2, 0) is 11.3 Å². The minimum absolute atomic E-state index is 0. The third-order valence-electron chi connectivity index (χ3n) is 2.59. The van der Waals surface area contributed by atoms with E-state index < -0.39 is 0 Å². The molecule has 0 fully saturated rings. The fourth-order valence-corrected chi connectivity index (χ4v) is 2.13. The average molecular weight is 424 g/mol. The minimum Gasteiger partial charge on any atom is -0.357 e. The summed E-state index contributed by atoms with van der Waals surface area (Å²) in [7, 11) is 0. The molecular formula is C14H25IN4OS. The number of nitrogens with one attached hydrogen (secondary N) is 3. The van der Waals surface area contributed by atoms with Gasteiger partial charge in [0.05, 0.1) is 6.54 Å². The molecule has 0 unspecified atom stereocenters. The molecule has 0 radical (unpaired) electrons. The molecule has 0 aliphatic heterocycles. The molecule has 5 nitrogen and oxygen atoms in total. The zero-order valence-corrected chi connectivity index (χ0v) is 16.0. The lowest BCUT2D eigenvalue weighted by atomic mass is 10.2. The molecule has 0 atom stereocenters. The zero-order valence-electron chi connectivity index (χ0n) is 12.8. The van der Waals surface area contributed by atoms with Crippen molar-refractivity contribution in [3.8, 4) is 0 Å². The van der Waals surface area contributed by atoms with E-state index in [1.165, 1.54) is 5.56 Å². The van der Waals surface area contributed by atoms with Crippen LogP contribution in [0.4, 0.5) is 0 Å². The fourth-order valence-electron chi connectivity index (χ4n) is 1.47. The fraction of sp³-hybridized carbons (Fsp3) is 0.571. The van der Waals surface area contributed by atoms with Gasteiger partial charge in [-0.25, -0.2) is 4.99 Å². The largest absolute Gasteiger partial charge is 0.357 e. The number of hydrogen-bond acceptors (Lipinski definition) is 3. The van der Waals surface area contributed by atoms with E-state index >= 15 is 0 Å². The molecule has 1 heterocycles. The molecule has 7 heteroatoms. The molecule has 0 saturated carbocycles. The van der Waals surface area contributed by atoms with Gasteiger partial charge in [0.1, 0.15) is 0 Å². The predicted octanol–water partition coefficient (Wildman–Crippen LogP) is 2.19. The van der Waals surface area contributed by atoms with Gasteiger partial charge in [-0.05, 0) is 29.3 Å². The Balaban J connectivity index is 0.00000400. The Morgan fingerprint density at radius 3 is 2.57 bits per heavy atom. The number of nitrogens with zero attached hydrogens (tertiary/aromatic N) is 1. The summed E-state index contributed by atoms with van der Waals surface area (Å²) in [6.45, 7) is 8.53. The van der Waals surface area contributed by atoms with Crippen LogP contribution in [-0.4, -0.2) is 31.5 Å². The summed E-state index contributed by atoms with van der Waals surface area (Å²) in [5.74, 6) is 0.875. The van der Waals surface area contributed by atoms with Crippen molar-refractivity contribution in [3.05, 3.63) is 22.4 Å². The molecule has 0 bridgehead atoms. The molecule has 1 aromatic rings. The van der Waals surface area contributed by atoms with Gasteiger partial charge in [0, 0.05) is 25.6 Å². The molecule has 0 aliphatic carbocycles. The van der Waals surface area contributed by atoms with Crippen LogP contribution in [0.15, 0.2) is 21.8 Å². The van der Waals surface area contributed by atoms with Crippen molar-refractivity contribution in [3.63, 3.8) is 0 Å². The van der Waals surface area contributed by atoms with E-state index in [2.05, 4.69) is 32.4 Å². The summed E-state index contributed by atoms with van der Waals surface area (Å²) in [6, 6.07) is 2.07. The monoisotopic (exact) mass is 424 g/mol. The number of rotatable bonds is 7. The van der Waals surface area contributed by atoms with Crippen molar-refractivity contribution < 1.29 is 4.79 Å². The van der Waals surface area contributed by atoms with Gasteiger partial charge in [0.25, 0.3) is 0 Å². The van der Waals surface area contributed by atoms with Gasteiger partial charge in [-0.2, -0.15) is 11.3 Å². The highest BCUT2D eigenvalue weighted by molar-refractivity contribution is 14.0. The standard InChI is InChI=1S/C14H24N4OS.HI/c1-4-15-14(18-9-12-5-8-20-10-12)17-7-6-16-13(19)11(2)3;/h5,8,10-11H,4,6-7,9H2,1-3H3,(H,16,19)(H2,15,17,18);1H. The van der Waals surface area contributed by atoms with Gasteiger partial charge in [-0.1, -0.05) is 13.8 Å². The number of thiophene rings is 1. The molecule has 1 aromatic heterocycles. The van der Waals surface area contributed by atoms with Crippen LogP contribution in [0.3, 0.4) is 0 Å². The SMILES string of the molecule is CCNC(=NCc1ccsc1)NCCNC(=O)C(C)C.I. The Labute approximate surface area is 148 Å². The molecule has 21 heavy (non-hydrogen) atoms. The second-order valence-electron chi connectivity index (χ2n) is 4.70. The highest BCUT2D eigenvalue weighted by Crippen LogP contribution is 2.06. The highest BCUT2D eigenvalue weighted by atomic mass is 127. The summed E-state index contributed by atoms with van der Waals surface area (Å²) < 4.78 is 0. The van der Waals surface area contributed by atoms with E-state index in [1.807, 2.05) is 26.2 Å². The number of carbonyl (C=O) groups excluding carboxylic acids is 1. The Hall–Kier alpha value is -0.830. The van der Waals surface area contributed by atoms with Crippen LogP contribution in [0.25, 0.3) is 0 Å². The zero-order chi connectivity index (χ0) is 14.8. The van der Waals surface area contributed by atoms with Crippen LogP contribution >= 0.6 is 35.3 Å². The summed E-state index contributed by atoms with van der Waals surface area (Å²) in [5, 5.41) is 13.4. The molecule has 0 aliphatic rings. The highest BCUT2D eigenvalue weighted by Gasteiger charge is 2.05. The number of aliphatic imine (C=N–C) groups is 1. The quantitative estimate of drug-likeness (QED) is 0.272. The topological polar surface area (TPSA) is 65.5 Å². The summed E-state index contributed by atoms with van der Waals surface area (Å²) in [5.41, 5.74) is 1.21. The van der Waals surface area contributed by atoms with Crippen molar-refractivity contribution in [2.75, 3.05) is 19.6 Å². The van der Waals surface area contributed by atoms with E-state index in [0.717, 1.165) is 12.5 Å². The Kier molecular flexibility index (Phi) is 11.3. The lowest BCUT2D eigenvalue weighted by Gasteiger charge is -2.12. The lowest BCUT2D eigenvalue weighted by molar-refractivity contribution is -0.123. The van der Waals surface area contributed by atoms with Gasteiger partial charge in [-0.3, -0.25) is 4.79 Å². The van der Waals surface area contributed by atoms with E-state index in [-0.39, 0.29) is 35.8 Å². The Morgan fingerprint density at radius 1 is 1.29 bits per heavy atom. The molecule has 1 rings (SSSR count). The molecule has 120 valence electrons. The van der Waals surface area contributed by atoms with Crippen molar-refractivity contribution in [1.82, 2.24) is 16.0 Å². The van der Waals surface area contributed by atoms with Crippen LogP contribution in [0.2, 0.25) is 0 Å². The van der Waals surface area contributed by atoms with Crippen molar-refractivity contribution in [2.45, 2.75) is 27.3 Å². The molecule has 0 aromatic carbocycles. The summed E-state index contributed by atoms with van der Waals surface area (Å²) in [4.78, 5) is 15.9. The predicted molar refractivity (Wildman–Crippen MR) is 100 cm³/mol. The lowest BCUT2D eigenvalue weighted by Crippen LogP contribution is -2.42. The van der Waals surface area contributed by atoms with E-state index in [4.69, 9.17) is 0 Å². The molecule has 0 saturated heterocycles. The van der Waals surface area contributed by atoms with Crippen LogP contribution in [0, 0.1) is 5.92 Å². The second kappa shape index (κ2) is 11.8. The van der Waals surface area contributed by atoms with Crippen molar-refractivity contribution in [2.24, 2.45) is 10.9 Å². The molecule has 1 amide bonds. The Bertz CT molecular complexity index is 421. The Morgan fingerprint density at radius 2 is 2.00 bits per heavy atom. The van der Waals surface area contributed by atoms with E-state index in [9.17, 15) is 4.79 Å². The van der Waals surface area contributed by atoms with Gasteiger partial charge in [0.15, 0.2) is 5.96 Å². The van der Waals surface area contributed by atoms with Gasteiger partial charge in [0.2, 0.25) is 5.91 Å². The van der Waals surface area contributed by atoms with Gasteiger partial charge >= 0.3 is 0 Å². The summed E-state index contributed by atoms with van der Waals surface area (Å²) >= 11 is 1.67. The van der Waals surface area contributed by atoms with Crippen LogP contribution in [0.5, 0.6) is 0 Å². The maximum atomic E-state index is 11.4. The average Bonchev–Trinajstić information content (AvgIpc) is 2.93. The number of carbonyl (C=O) groups is 1. The third-order valence-corrected chi connectivity index (χ3v) is 3.32. The minimum atomic E-state index is 0. The second-order valence-corrected chi connectivity index (χ2v) is 5.48. The smallest absolute Gasteiger partial charge is 0.222 e. The molecule has 3 N–H and O–H groups in total. The maximum absolute atomic E-state index is 11.4. The molecular weight excluding hydrogens is 399 g/mol. The number of amides is 1. The number of hydrogen-bond donors (Lipinski definition) is 3. The van der Waals surface area contributed by atoms with Crippen LogP contribution in [0.1, 0.15) is 26.3 Å². The first-order valence-electron chi connectivity index (χ1n) is 6.94.